The van der Waals surface area contributed by atoms with Crippen molar-refractivity contribution in [2.24, 2.45) is 7.05 Å². The Morgan fingerprint density at radius 2 is 2.03 bits per heavy atom. The summed E-state index contributed by atoms with van der Waals surface area (Å²) in [4.78, 5) is 15.3. The van der Waals surface area contributed by atoms with Crippen LogP contribution in [0.4, 0.5) is 0 Å². The van der Waals surface area contributed by atoms with Gasteiger partial charge in [-0.2, -0.15) is 5.10 Å². The van der Waals surface area contributed by atoms with Gasteiger partial charge >= 0.3 is 0 Å². The summed E-state index contributed by atoms with van der Waals surface area (Å²) >= 11 is 0. The lowest BCUT2D eigenvalue weighted by atomic mass is 9.81. The fraction of sp³-hybridized carbons (Fsp3) is 0.429. The van der Waals surface area contributed by atoms with E-state index in [2.05, 4.69) is 11.2 Å². The molecule has 2 saturated heterocycles. The van der Waals surface area contributed by atoms with Gasteiger partial charge in [0, 0.05) is 56.3 Å². The molecule has 0 aliphatic carbocycles. The summed E-state index contributed by atoms with van der Waals surface area (Å²) in [5, 5.41) is 4.54. The largest absolute Gasteiger partial charge is 0.491 e. The van der Waals surface area contributed by atoms with Gasteiger partial charge < -0.3 is 19.1 Å². The van der Waals surface area contributed by atoms with Crippen LogP contribution in [-0.2, 0) is 17.4 Å². The molecule has 1 amide bonds. The maximum absolute atomic E-state index is 13.4. The number of ether oxygens (including phenoxy) is 3. The summed E-state index contributed by atoms with van der Waals surface area (Å²) in [7, 11) is 1.98. The molecule has 3 aliphatic rings. The normalized spacial score (nSPS) is 20.3. The molecule has 4 heterocycles. The number of carbonyl (C=O) groups excluding carboxylic acids is 1. The van der Waals surface area contributed by atoms with Crippen LogP contribution in [0.15, 0.2) is 48.7 Å². The van der Waals surface area contributed by atoms with Crippen molar-refractivity contribution in [3.8, 4) is 22.8 Å². The second kappa shape index (κ2) is 8.72. The van der Waals surface area contributed by atoms with E-state index in [1.165, 1.54) is 0 Å². The smallest absolute Gasteiger partial charge is 0.253 e. The predicted molar refractivity (Wildman–Crippen MR) is 132 cm³/mol. The van der Waals surface area contributed by atoms with Gasteiger partial charge in [-0.25, -0.2) is 0 Å². The van der Waals surface area contributed by atoms with Crippen LogP contribution in [0.3, 0.4) is 0 Å². The SMILES string of the molecule is Cc1cc(C(=O)N2CCC3(CC2)Oc2ccccc2-c2c3cnn2C)ccc1OCC1CCCO1. The summed E-state index contributed by atoms with van der Waals surface area (Å²) in [6, 6.07) is 13.9. The molecule has 6 rings (SSSR count). The topological polar surface area (TPSA) is 65.8 Å². The molecule has 1 unspecified atom stereocenters. The van der Waals surface area contributed by atoms with Gasteiger partial charge in [0.05, 0.1) is 18.0 Å². The number of carbonyl (C=O) groups is 1. The zero-order chi connectivity index (χ0) is 24.0. The highest BCUT2D eigenvalue weighted by Gasteiger charge is 2.45. The average Bonchev–Trinajstić information content (AvgIpc) is 3.54. The van der Waals surface area contributed by atoms with E-state index in [1.54, 1.807) is 0 Å². The summed E-state index contributed by atoms with van der Waals surface area (Å²) in [5.41, 5.74) is 4.51. The summed E-state index contributed by atoms with van der Waals surface area (Å²) < 4.78 is 20.2. The third kappa shape index (κ3) is 3.88. The van der Waals surface area contributed by atoms with Crippen molar-refractivity contribution in [3.05, 3.63) is 65.4 Å². The second-order valence-corrected chi connectivity index (χ2v) is 9.84. The Balaban J connectivity index is 1.16. The van der Waals surface area contributed by atoms with Gasteiger partial charge in [0.15, 0.2) is 0 Å². The Morgan fingerprint density at radius 3 is 2.80 bits per heavy atom. The number of rotatable bonds is 4. The van der Waals surface area contributed by atoms with Gasteiger partial charge in [0.25, 0.3) is 5.91 Å². The Hall–Kier alpha value is -3.32. The maximum atomic E-state index is 13.4. The zero-order valence-corrected chi connectivity index (χ0v) is 20.3. The molecular formula is C28H31N3O4. The number of para-hydroxylation sites is 1. The minimum Gasteiger partial charge on any atom is -0.491 e. The first-order valence-corrected chi connectivity index (χ1v) is 12.5. The van der Waals surface area contributed by atoms with Crippen molar-refractivity contribution in [2.45, 2.75) is 44.3 Å². The molecule has 7 nitrogen and oxygen atoms in total. The lowest BCUT2D eigenvalue weighted by Gasteiger charge is -2.44. The number of likely N-dealkylation sites (tertiary alicyclic amines) is 1. The van der Waals surface area contributed by atoms with E-state index in [9.17, 15) is 4.79 Å². The molecular weight excluding hydrogens is 442 g/mol. The first-order chi connectivity index (χ1) is 17.0. The Labute approximate surface area is 205 Å². The molecule has 2 aromatic carbocycles. The van der Waals surface area contributed by atoms with Crippen molar-refractivity contribution >= 4 is 5.91 Å². The summed E-state index contributed by atoms with van der Waals surface area (Å²) in [6.07, 6.45) is 5.70. The quantitative estimate of drug-likeness (QED) is 0.559. The van der Waals surface area contributed by atoms with E-state index >= 15 is 0 Å². The molecule has 1 atom stereocenters. The van der Waals surface area contributed by atoms with Crippen LogP contribution in [-0.4, -0.2) is 53.0 Å². The number of benzene rings is 2. The standard InChI is InChI=1S/C28H31N3O4/c1-19-16-20(9-10-24(19)34-18-21-6-5-15-33-21)27(32)31-13-11-28(12-14-31)23-17-29-30(2)26(23)22-7-3-4-8-25(22)35-28/h3-4,7-10,16-17,21H,5-6,11-15,18H2,1-2H3. The zero-order valence-electron chi connectivity index (χ0n) is 20.3. The van der Waals surface area contributed by atoms with Crippen LogP contribution >= 0.6 is 0 Å². The van der Waals surface area contributed by atoms with E-state index < -0.39 is 5.60 Å². The molecule has 35 heavy (non-hydrogen) atoms. The van der Waals surface area contributed by atoms with Gasteiger partial charge in [-0.15, -0.1) is 0 Å². The molecule has 3 aromatic rings. The molecule has 3 aliphatic heterocycles. The van der Waals surface area contributed by atoms with Crippen LogP contribution < -0.4 is 9.47 Å². The Morgan fingerprint density at radius 1 is 1.20 bits per heavy atom. The molecule has 0 saturated carbocycles. The van der Waals surface area contributed by atoms with E-state index in [-0.39, 0.29) is 12.0 Å². The molecule has 7 heteroatoms. The minimum atomic E-state index is -0.454. The van der Waals surface area contributed by atoms with E-state index in [0.29, 0.717) is 25.3 Å². The molecule has 182 valence electrons. The summed E-state index contributed by atoms with van der Waals surface area (Å²) in [5.74, 6) is 1.75. The Bertz CT molecular complexity index is 1250. The third-order valence-electron chi connectivity index (χ3n) is 7.61. The fourth-order valence-corrected chi connectivity index (χ4v) is 5.63. The van der Waals surface area contributed by atoms with Crippen molar-refractivity contribution in [1.82, 2.24) is 14.7 Å². The third-order valence-corrected chi connectivity index (χ3v) is 7.61. The highest BCUT2D eigenvalue weighted by atomic mass is 16.5. The minimum absolute atomic E-state index is 0.0521. The van der Waals surface area contributed by atoms with Crippen LogP contribution in [0, 0.1) is 6.92 Å². The van der Waals surface area contributed by atoms with Gasteiger partial charge in [0.2, 0.25) is 0 Å². The van der Waals surface area contributed by atoms with Crippen LogP contribution in [0.5, 0.6) is 11.5 Å². The molecule has 0 radical (unpaired) electrons. The van der Waals surface area contributed by atoms with Gasteiger partial charge in [0.1, 0.15) is 23.7 Å². The van der Waals surface area contributed by atoms with E-state index in [4.69, 9.17) is 14.2 Å². The highest BCUT2D eigenvalue weighted by molar-refractivity contribution is 5.94. The number of amides is 1. The van der Waals surface area contributed by atoms with Gasteiger partial charge in [-0.3, -0.25) is 9.48 Å². The first kappa shape index (κ1) is 22.2. The van der Waals surface area contributed by atoms with Gasteiger partial charge in [-0.05, 0) is 55.7 Å². The number of piperidine rings is 1. The van der Waals surface area contributed by atoms with E-state index in [0.717, 1.165) is 66.2 Å². The average molecular weight is 474 g/mol. The van der Waals surface area contributed by atoms with Crippen LogP contribution in [0.2, 0.25) is 0 Å². The second-order valence-electron chi connectivity index (χ2n) is 9.84. The van der Waals surface area contributed by atoms with Gasteiger partial charge in [-0.1, -0.05) is 12.1 Å². The molecule has 1 aromatic heterocycles. The number of nitrogens with zero attached hydrogens (tertiary/aromatic N) is 3. The number of hydrogen-bond donors (Lipinski definition) is 0. The fourth-order valence-electron chi connectivity index (χ4n) is 5.63. The highest BCUT2D eigenvalue weighted by Crippen LogP contribution is 2.49. The molecule has 2 fully saturated rings. The number of fused-ring (bicyclic) bond motifs is 4. The predicted octanol–water partition coefficient (Wildman–Crippen LogP) is 4.48. The monoisotopic (exact) mass is 473 g/mol. The molecule has 1 spiro atoms. The lowest BCUT2D eigenvalue weighted by Crippen LogP contribution is -2.49. The first-order valence-electron chi connectivity index (χ1n) is 12.5. The number of aromatic nitrogens is 2. The van der Waals surface area contributed by atoms with Crippen molar-refractivity contribution in [2.75, 3.05) is 26.3 Å². The van der Waals surface area contributed by atoms with Crippen molar-refractivity contribution in [3.63, 3.8) is 0 Å². The lowest BCUT2D eigenvalue weighted by molar-refractivity contribution is -0.00173. The molecule has 0 N–H and O–H groups in total. The Kier molecular flexibility index (Phi) is 5.52. The number of hydrogen-bond acceptors (Lipinski definition) is 5. The maximum Gasteiger partial charge on any atom is 0.253 e. The molecule has 0 bridgehead atoms. The van der Waals surface area contributed by atoms with Crippen molar-refractivity contribution in [1.29, 1.82) is 0 Å². The van der Waals surface area contributed by atoms with Crippen LogP contribution in [0.25, 0.3) is 11.3 Å². The van der Waals surface area contributed by atoms with E-state index in [1.807, 2.05) is 66.1 Å². The van der Waals surface area contributed by atoms with Crippen LogP contribution in [0.1, 0.15) is 47.2 Å². The number of aryl methyl sites for hydroxylation is 2. The van der Waals surface area contributed by atoms with Crippen molar-refractivity contribution < 1.29 is 19.0 Å². The summed E-state index contributed by atoms with van der Waals surface area (Å²) in [6.45, 7) is 4.63.